The van der Waals surface area contributed by atoms with Crippen molar-refractivity contribution in [1.29, 1.82) is 0 Å². The normalized spacial score (nSPS) is 39.0. The summed E-state index contributed by atoms with van der Waals surface area (Å²) < 4.78 is 0. The van der Waals surface area contributed by atoms with Gasteiger partial charge in [-0.15, -0.1) is 0 Å². The number of aliphatic carboxylic acids is 1. The van der Waals surface area contributed by atoms with Gasteiger partial charge in [-0.25, -0.2) is 0 Å². The lowest BCUT2D eigenvalue weighted by Crippen LogP contribution is -2.45. The number of benzene rings is 1. The van der Waals surface area contributed by atoms with Gasteiger partial charge in [0.2, 0.25) is 5.91 Å². The molecule has 0 radical (unpaired) electrons. The molecular weight excluding hydrogens is 282 g/mol. The zero-order valence-corrected chi connectivity index (χ0v) is 12.2. The van der Waals surface area contributed by atoms with Crippen molar-refractivity contribution in [2.45, 2.75) is 24.9 Å². The van der Waals surface area contributed by atoms with Crippen LogP contribution in [0.1, 0.15) is 24.3 Å². The number of amides is 1. The van der Waals surface area contributed by atoms with E-state index in [0.29, 0.717) is 13.0 Å². The van der Waals surface area contributed by atoms with Crippen LogP contribution in [-0.4, -0.2) is 46.2 Å². The summed E-state index contributed by atoms with van der Waals surface area (Å²) in [5.74, 6) is -1.39. The molecule has 22 heavy (non-hydrogen) atoms. The van der Waals surface area contributed by atoms with E-state index in [1.807, 2.05) is 30.3 Å². The first kappa shape index (κ1) is 13.8. The van der Waals surface area contributed by atoms with Gasteiger partial charge in [0.25, 0.3) is 0 Å². The molecule has 2 N–H and O–H groups in total. The molecule has 1 saturated heterocycles. The van der Waals surface area contributed by atoms with E-state index in [2.05, 4.69) is 0 Å². The van der Waals surface area contributed by atoms with Crippen molar-refractivity contribution in [2.24, 2.45) is 17.3 Å². The molecule has 5 heteroatoms. The summed E-state index contributed by atoms with van der Waals surface area (Å²) in [6.07, 6.45) is 0.963. The number of carboxylic acids is 1. The predicted molar refractivity (Wildman–Crippen MR) is 78.1 cm³/mol. The minimum absolute atomic E-state index is 0.0486. The SMILES string of the molecule is O=C(O)[C@H]1CN(C(=O)[C@]23C[C@@H](O)[C@H]2C3)C[C@@H]1c1ccccc1. The maximum absolute atomic E-state index is 12.7. The topological polar surface area (TPSA) is 77.8 Å². The lowest BCUT2D eigenvalue weighted by molar-refractivity contribution is -0.144. The van der Waals surface area contributed by atoms with Gasteiger partial charge in [0.15, 0.2) is 0 Å². The van der Waals surface area contributed by atoms with E-state index in [1.54, 1.807) is 4.90 Å². The summed E-state index contributed by atoms with van der Waals surface area (Å²) in [6, 6.07) is 9.56. The molecule has 1 aromatic carbocycles. The number of carboxylic acid groups (broad SMARTS) is 1. The van der Waals surface area contributed by atoms with Gasteiger partial charge in [-0.3, -0.25) is 9.59 Å². The molecule has 0 unspecified atom stereocenters. The second-order valence-corrected chi connectivity index (χ2v) is 6.91. The maximum atomic E-state index is 12.7. The van der Waals surface area contributed by atoms with E-state index < -0.39 is 11.9 Å². The summed E-state index contributed by atoms with van der Waals surface area (Å²) >= 11 is 0. The fraction of sp³-hybridized carbons (Fsp3) is 0.529. The van der Waals surface area contributed by atoms with Gasteiger partial charge in [-0.05, 0) is 18.4 Å². The molecule has 0 spiro atoms. The maximum Gasteiger partial charge on any atom is 0.308 e. The minimum atomic E-state index is -0.845. The molecule has 2 saturated carbocycles. The minimum Gasteiger partial charge on any atom is -0.481 e. The fourth-order valence-electron chi connectivity index (χ4n) is 4.33. The highest BCUT2D eigenvalue weighted by molar-refractivity contribution is 5.89. The lowest BCUT2D eigenvalue weighted by atomic mass is 9.81. The van der Waals surface area contributed by atoms with Crippen LogP contribution >= 0.6 is 0 Å². The number of carbonyl (C=O) groups is 2. The first-order chi connectivity index (χ1) is 10.5. The first-order valence-electron chi connectivity index (χ1n) is 7.78. The number of likely N-dealkylation sites (tertiary alicyclic amines) is 1. The lowest BCUT2D eigenvalue weighted by Gasteiger charge is -2.33. The van der Waals surface area contributed by atoms with E-state index in [1.165, 1.54) is 0 Å². The number of hydrogen-bond acceptors (Lipinski definition) is 3. The third-order valence-corrected chi connectivity index (χ3v) is 5.75. The molecule has 2 aliphatic carbocycles. The zero-order valence-electron chi connectivity index (χ0n) is 12.2. The van der Waals surface area contributed by atoms with Crippen LogP contribution < -0.4 is 0 Å². The van der Waals surface area contributed by atoms with Gasteiger partial charge in [-0.2, -0.15) is 0 Å². The molecule has 5 nitrogen and oxygen atoms in total. The molecule has 1 aliphatic heterocycles. The number of carbonyl (C=O) groups excluding carboxylic acids is 1. The number of aliphatic hydroxyl groups is 1. The van der Waals surface area contributed by atoms with Crippen LogP contribution in [0.5, 0.6) is 0 Å². The van der Waals surface area contributed by atoms with Crippen LogP contribution in [-0.2, 0) is 9.59 Å². The van der Waals surface area contributed by atoms with E-state index >= 15 is 0 Å². The molecule has 116 valence electrons. The third-order valence-electron chi connectivity index (χ3n) is 5.75. The van der Waals surface area contributed by atoms with Gasteiger partial charge in [0, 0.05) is 24.9 Å². The highest BCUT2D eigenvalue weighted by atomic mass is 16.4. The Balaban J connectivity index is 1.55. The van der Waals surface area contributed by atoms with Gasteiger partial charge in [0.05, 0.1) is 17.4 Å². The van der Waals surface area contributed by atoms with Crippen LogP contribution in [0.4, 0.5) is 0 Å². The van der Waals surface area contributed by atoms with Crippen LogP contribution in [0.3, 0.4) is 0 Å². The molecule has 3 aliphatic rings. The second kappa shape index (κ2) is 4.56. The molecule has 0 aromatic heterocycles. The molecule has 1 amide bonds. The summed E-state index contributed by atoms with van der Waals surface area (Å²) in [6.45, 7) is 0.739. The average Bonchev–Trinajstić information content (AvgIpc) is 2.93. The molecule has 5 atom stereocenters. The van der Waals surface area contributed by atoms with Crippen molar-refractivity contribution in [2.75, 3.05) is 13.1 Å². The molecule has 3 fully saturated rings. The fourth-order valence-corrected chi connectivity index (χ4v) is 4.33. The summed E-state index contributed by atoms with van der Waals surface area (Å²) in [5.41, 5.74) is 0.609. The van der Waals surface area contributed by atoms with Crippen molar-refractivity contribution in [3.63, 3.8) is 0 Å². The number of hydrogen-bond donors (Lipinski definition) is 2. The number of fused-ring (bicyclic) bond motifs is 1. The molecule has 1 aromatic rings. The van der Waals surface area contributed by atoms with Gasteiger partial charge in [-0.1, -0.05) is 30.3 Å². The van der Waals surface area contributed by atoms with Crippen molar-refractivity contribution in [1.82, 2.24) is 4.90 Å². The second-order valence-electron chi connectivity index (χ2n) is 6.91. The van der Waals surface area contributed by atoms with Crippen LogP contribution in [0.2, 0.25) is 0 Å². The van der Waals surface area contributed by atoms with E-state index in [4.69, 9.17) is 0 Å². The monoisotopic (exact) mass is 301 g/mol. The highest BCUT2D eigenvalue weighted by Gasteiger charge is 2.72. The van der Waals surface area contributed by atoms with Gasteiger partial charge < -0.3 is 15.1 Å². The van der Waals surface area contributed by atoms with Crippen LogP contribution in [0.25, 0.3) is 0 Å². The van der Waals surface area contributed by atoms with E-state index in [-0.39, 0.29) is 35.8 Å². The summed E-state index contributed by atoms with van der Waals surface area (Å²) in [7, 11) is 0. The smallest absolute Gasteiger partial charge is 0.308 e. The quantitative estimate of drug-likeness (QED) is 0.876. The Morgan fingerprint density at radius 2 is 1.86 bits per heavy atom. The zero-order chi connectivity index (χ0) is 15.5. The van der Waals surface area contributed by atoms with Gasteiger partial charge >= 0.3 is 5.97 Å². The summed E-state index contributed by atoms with van der Waals surface area (Å²) in [4.78, 5) is 26.0. The molecule has 4 rings (SSSR count). The van der Waals surface area contributed by atoms with Crippen LogP contribution in [0.15, 0.2) is 30.3 Å². The number of rotatable bonds is 3. The molecular formula is C17H19NO4. The number of nitrogens with zero attached hydrogens (tertiary/aromatic N) is 1. The number of aliphatic hydroxyl groups excluding tert-OH is 1. The van der Waals surface area contributed by atoms with Crippen LogP contribution in [0, 0.1) is 17.3 Å². The Morgan fingerprint density at radius 1 is 1.14 bits per heavy atom. The Hall–Kier alpha value is -1.88. The van der Waals surface area contributed by atoms with Crippen molar-refractivity contribution < 1.29 is 19.8 Å². The molecule has 1 heterocycles. The molecule has 0 bridgehead atoms. The Labute approximate surface area is 128 Å². The largest absolute Gasteiger partial charge is 0.481 e. The Bertz CT molecular complexity index is 631. The Morgan fingerprint density at radius 3 is 2.41 bits per heavy atom. The van der Waals surface area contributed by atoms with Crippen molar-refractivity contribution in [3.8, 4) is 0 Å². The Kier molecular flexibility index (Phi) is 2.85. The highest BCUT2D eigenvalue weighted by Crippen LogP contribution is 2.68. The van der Waals surface area contributed by atoms with E-state index in [0.717, 1.165) is 12.0 Å². The predicted octanol–water partition coefficient (Wildman–Crippen LogP) is 1.08. The van der Waals surface area contributed by atoms with Crippen molar-refractivity contribution >= 4 is 11.9 Å². The summed E-state index contributed by atoms with van der Waals surface area (Å²) in [5, 5.41) is 19.1. The van der Waals surface area contributed by atoms with Crippen molar-refractivity contribution in [3.05, 3.63) is 35.9 Å². The average molecular weight is 301 g/mol. The first-order valence-corrected chi connectivity index (χ1v) is 7.78. The standard InChI is InChI=1S/C17H19NO4/c19-14-7-17(6-13(14)17)16(22)18-8-11(12(9-18)15(20)21)10-4-2-1-3-5-10/h1-5,11-14,19H,6-9H2,(H,20,21)/t11-,12+,13-,14-,17-/m1/s1. The third kappa shape index (κ3) is 1.81. The van der Waals surface area contributed by atoms with Gasteiger partial charge in [0.1, 0.15) is 0 Å². The van der Waals surface area contributed by atoms with E-state index in [9.17, 15) is 19.8 Å².